The average Bonchev–Trinajstić information content (AvgIpc) is 2.51. The Kier molecular flexibility index (Phi) is 5.21. The second-order valence-corrected chi connectivity index (χ2v) is 5.01. The molecule has 0 amide bonds. The second kappa shape index (κ2) is 6.77. The fourth-order valence-corrected chi connectivity index (χ4v) is 2.13. The molecule has 124 valence electrons. The Bertz CT molecular complexity index is 581. The number of aliphatic hydroxyl groups is 4. The van der Waals surface area contributed by atoms with Crippen LogP contribution in [0.5, 0.6) is 6.01 Å². The summed E-state index contributed by atoms with van der Waals surface area (Å²) in [6.45, 7) is -0.580. The van der Waals surface area contributed by atoms with Crippen LogP contribution >= 0.6 is 11.6 Å². The van der Waals surface area contributed by atoms with Crippen molar-refractivity contribution in [3.8, 4) is 6.01 Å². The van der Waals surface area contributed by atoms with E-state index in [0.717, 1.165) is 0 Å². The van der Waals surface area contributed by atoms with Crippen LogP contribution in [0.15, 0.2) is 4.79 Å². The van der Waals surface area contributed by atoms with E-state index < -0.39 is 42.8 Å². The van der Waals surface area contributed by atoms with Crippen molar-refractivity contribution in [1.29, 1.82) is 0 Å². The normalized spacial score (nSPS) is 31.8. The zero-order valence-corrected chi connectivity index (χ0v) is 12.2. The highest BCUT2D eigenvalue weighted by molar-refractivity contribution is 6.32. The molecule has 0 radical (unpaired) electrons. The molecule has 2 heterocycles. The molecule has 0 aliphatic carbocycles. The zero-order valence-electron chi connectivity index (χ0n) is 11.4. The third-order valence-corrected chi connectivity index (χ3v) is 3.56. The first-order valence-electron chi connectivity index (χ1n) is 6.30. The molecule has 1 fully saturated rings. The van der Waals surface area contributed by atoms with Crippen LogP contribution in [-0.4, -0.2) is 74.8 Å². The van der Waals surface area contributed by atoms with Crippen molar-refractivity contribution in [2.75, 3.05) is 19.0 Å². The first-order valence-corrected chi connectivity index (χ1v) is 6.67. The Morgan fingerprint density at radius 1 is 1.36 bits per heavy atom. The van der Waals surface area contributed by atoms with Gasteiger partial charge in [0.2, 0.25) is 0 Å². The fourth-order valence-electron chi connectivity index (χ4n) is 1.99. The van der Waals surface area contributed by atoms with Gasteiger partial charge >= 0.3 is 0 Å². The minimum atomic E-state index is -1.56. The number of rotatable bonds is 4. The van der Waals surface area contributed by atoms with Gasteiger partial charge in [-0.1, -0.05) is 11.6 Å². The SMILES string of the molecule is COc1nc(N[C@H]2O[C@@H](CO)[C@@H](O)[C@@H](O)[C@@H]2O)c(Cl)c(=O)[nH]1. The quantitative estimate of drug-likeness (QED) is 0.353. The third kappa shape index (κ3) is 3.16. The summed E-state index contributed by atoms with van der Waals surface area (Å²) in [4.78, 5) is 17.7. The lowest BCUT2D eigenvalue weighted by Crippen LogP contribution is -2.60. The number of H-pyrrole nitrogens is 1. The molecule has 10 nitrogen and oxygen atoms in total. The highest BCUT2D eigenvalue weighted by atomic mass is 35.5. The number of aliphatic hydroxyl groups excluding tert-OH is 4. The van der Waals surface area contributed by atoms with Crippen LogP contribution in [-0.2, 0) is 4.74 Å². The molecule has 0 saturated carbocycles. The van der Waals surface area contributed by atoms with Gasteiger partial charge in [-0.25, -0.2) is 0 Å². The van der Waals surface area contributed by atoms with Gasteiger partial charge in [-0.3, -0.25) is 9.78 Å². The number of nitrogens with zero attached hydrogens (tertiary/aromatic N) is 1. The smallest absolute Gasteiger partial charge is 0.298 e. The number of halogens is 1. The molecule has 1 aliphatic rings. The molecule has 1 aliphatic heterocycles. The highest BCUT2D eigenvalue weighted by Gasteiger charge is 2.43. The van der Waals surface area contributed by atoms with Crippen molar-refractivity contribution in [2.24, 2.45) is 0 Å². The maximum absolute atomic E-state index is 11.6. The molecule has 6 N–H and O–H groups in total. The summed E-state index contributed by atoms with van der Waals surface area (Å²) in [7, 11) is 1.28. The van der Waals surface area contributed by atoms with E-state index in [0.29, 0.717) is 0 Å². The van der Waals surface area contributed by atoms with Gasteiger partial charge in [-0.15, -0.1) is 0 Å². The van der Waals surface area contributed by atoms with Gasteiger partial charge in [0.15, 0.2) is 12.0 Å². The van der Waals surface area contributed by atoms with Crippen molar-refractivity contribution in [2.45, 2.75) is 30.6 Å². The predicted octanol–water partition coefficient (Wildman–Crippen LogP) is -2.36. The minimum Gasteiger partial charge on any atom is -0.468 e. The van der Waals surface area contributed by atoms with Gasteiger partial charge in [-0.05, 0) is 0 Å². The van der Waals surface area contributed by atoms with Gasteiger partial charge in [0, 0.05) is 0 Å². The second-order valence-electron chi connectivity index (χ2n) is 4.63. The first kappa shape index (κ1) is 16.9. The van der Waals surface area contributed by atoms with E-state index in [1.165, 1.54) is 7.11 Å². The standard InChI is InChI=1S/C11H16ClN3O7/c1-21-11-14-8(4(12)9(20)15-11)13-10-7(19)6(18)5(17)3(2-16)22-10/h3,5-7,10,16-19H,2H2,1H3,(H2,13,14,15,20)/t3-,5+,6+,7-,10-/m0/s1. The molecule has 1 saturated heterocycles. The molecule has 11 heteroatoms. The molecule has 0 spiro atoms. The van der Waals surface area contributed by atoms with E-state index in [-0.39, 0.29) is 16.9 Å². The van der Waals surface area contributed by atoms with Gasteiger partial charge in [0.05, 0.1) is 13.7 Å². The van der Waals surface area contributed by atoms with E-state index in [1.54, 1.807) is 0 Å². The maximum Gasteiger partial charge on any atom is 0.298 e. The molecule has 1 aromatic heterocycles. The Balaban J connectivity index is 2.26. The summed E-state index contributed by atoms with van der Waals surface area (Å²) in [5.41, 5.74) is -0.680. The summed E-state index contributed by atoms with van der Waals surface area (Å²) in [6, 6.07) is -0.124. The number of nitrogens with one attached hydrogen (secondary N) is 2. The van der Waals surface area contributed by atoms with E-state index in [9.17, 15) is 20.1 Å². The number of anilines is 1. The van der Waals surface area contributed by atoms with E-state index in [4.69, 9.17) is 26.2 Å². The van der Waals surface area contributed by atoms with E-state index in [1.807, 2.05) is 0 Å². The number of methoxy groups -OCH3 is 1. The molecular weight excluding hydrogens is 322 g/mol. The molecule has 0 unspecified atom stereocenters. The minimum absolute atomic E-state index is 0.124. The van der Waals surface area contributed by atoms with Crippen LogP contribution in [0.25, 0.3) is 0 Å². The van der Waals surface area contributed by atoms with Crippen LogP contribution in [0.4, 0.5) is 5.82 Å². The molecule has 22 heavy (non-hydrogen) atoms. The zero-order chi connectivity index (χ0) is 16.4. The van der Waals surface area contributed by atoms with E-state index in [2.05, 4.69) is 15.3 Å². The van der Waals surface area contributed by atoms with Crippen molar-refractivity contribution >= 4 is 17.4 Å². The molecule has 5 atom stereocenters. The third-order valence-electron chi connectivity index (χ3n) is 3.21. The van der Waals surface area contributed by atoms with Crippen molar-refractivity contribution in [3.05, 3.63) is 15.4 Å². The summed E-state index contributed by atoms with van der Waals surface area (Å²) in [6.07, 6.45) is -6.95. The van der Waals surface area contributed by atoms with Crippen LogP contribution in [0.3, 0.4) is 0 Å². The predicted molar refractivity (Wildman–Crippen MR) is 73.8 cm³/mol. The molecule has 1 aromatic rings. The summed E-state index contributed by atoms with van der Waals surface area (Å²) < 4.78 is 10.0. The fraction of sp³-hybridized carbons (Fsp3) is 0.636. The number of hydrogen-bond donors (Lipinski definition) is 6. The average molecular weight is 338 g/mol. The Morgan fingerprint density at radius 2 is 2.05 bits per heavy atom. The maximum atomic E-state index is 11.6. The molecular formula is C11H16ClN3O7. The Morgan fingerprint density at radius 3 is 2.64 bits per heavy atom. The van der Waals surface area contributed by atoms with Crippen LogP contribution < -0.4 is 15.6 Å². The summed E-state index contributed by atoms with van der Waals surface area (Å²) >= 11 is 5.80. The van der Waals surface area contributed by atoms with Crippen LogP contribution in [0.1, 0.15) is 0 Å². The topological polar surface area (TPSA) is 157 Å². The summed E-state index contributed by atoms with van der Waals surface area (Å²) in [5.74, 6) is -0.147. The van der Waals surface area contributed by atoms with Crippen molar-refractivity contribution < 1.29 is 29.9 Å². The lowest BCUT2D eigenvalue weighted by molar-refractivity contribution is -0.221. The lowest BCUT2D eigenvalue weighted by atomic mass is 9.98. The number of hydrogen-bond acceptors (Lipinski definition) is 9. The molecule has 2 rings (SSSR count). The van der Waals surface area contributed by atoms with Crippen molar-refractivity contribution in [3.63, 3.8) is 0 Å². The van der Waals surface area contributed by atoms with Crippen LogP contribution in [0.2, 0.25) is 5.02 Å². The summed E-state index contributed by atoms with van der Waals surface area (Å²) in [5, 5.41) is 40.6. The van der Waals surface area contributed by atoms with Crippen molar-refractivity contribution in [1.82, 2.24) is 9.97 Å². The largest absolute Gasteiger partial charge is 0.468 e. The van der Waals surface area contributed by atoms with Crippen LogP contribution in [0, 0.1) is 0 Å². The van der Waals surface area contributed by atoms with Gasteiger partial charge in [-0.2, -0.15) is 4.98 Å². The Hall–Kier alpha value is -1.43. The number of aromatic nitrogens is 2. The number of aromatic amines is 1. The first-order chi connectivity index (χ1) is 10.4. The monoisotopic (exact) mass is 337 g/mol. The van der Waals surface area contributed by atoms with Gasteiger partial charge in [0.25, 0.3) is 11.6 Å². The molecule has 0 bridgehead atoms. The van der Waals surface area contributed by atoms with Gasteiger partial charge in [0.1, 0.15) is 29.4 Å². The highest BCUT2D eigenvalue weighted by Crippen LogP contribution is 2.24. The number of ether oxygens (including phenoxy) is 2. The van der Waals surface area contributed by atoms with Gasteiger partial charge < -0.3 is 35.2 Å². The lowest BCUT2D eigenvalue weighted by Gasteiger charge is -2.40. The Labute approximate surface area is 129 Å². The molecule has 0 aromatic carbocycles. The van der Waals surface area contributed by atoms with E-state index >= 15 is 0 Å².